The van der Waals surface area contributed by atoms with Crippen molar-refractivity contribution < 1.29 is 22.7 Å². The topological polar surface area (TPSA) is 72.9 Å². The summed E-state index contributed by atoms with van der Waals surface area (Å²) in [6.45, 7) is 4.82. The quantitative estimate of drug-likeness (QED) is 0.510. The van der Waals surface area contributed by atoms with Gasteiger partial charge in [0.25, 0.3) is 5.91 Å². The van der Waals surface area contributed by atoms with E-state index >= 15 is 0 Å². The van der Waals surface area contributed by atoms with Crippen LogP contribution < -0.4 is 9.47 Å². The molecule has 0 saturated carbocycles. The molecule has 3 rings (SSSR count). The van der Waals surface area contributed by atoms with E-state index in [4.69, 9.17) is 21.7 Å². The normalized spacial score (nSPS) is 23.3. The van der Waals surface area contributed by atoms with Crippen LogP contribution in [0.5, 0.6) is 11.5 Å². The summed E-state index contributed by atoms with van der Waals surface area (Å²) in [5, 5.41) is 0. The third-order valence-electron chi connectivity index (χ3n) is 4.26. The van der Waals surface area contributed by atoms with E-state index in [2.05, 4.69) is 0 Å². The molecule has 0 spiro atoms. The number of thioether (sulfide) groups is 1. The number of rotatable bonds is 6. The monoisotopic (exact) mass is 427 g/mol. The number of carbonyl (C=O) groups is 1. The molecule has 0 bridgehead atoms. The Balaban J connectivity index is 1.84. The summed E-state index contributed by atoms with van der Waals surface area (Å²) in [6, 6.07) is 5.11. The minimum atomic E-state index is -3.09. The van der Waals surface area contributed by atoms with Crippen molar-refractivity contribution in [1.82, 2.24) is 4.90 Å². The van der Waals surface area contributed by atoms with E-state index in [1.54, 1.807) is 6.08 Å². The predicted molar refractivity (Wildman–Crippen MR) is 111 cm³/mol. The van der Waals surface area contributed by atoms with Crippen LogP contribution in [0.2, 0.25) is 0 Å². The Morgan fingerprint density at radius 2 is 1.96 bits per heavy atom. The minimum absolute atomic E-state index is 0.0235. The Morgan fingerprint density at radius 1 is 1.26 bits per heavy atom. The molecule has 146 valence electrons. The first-order valence-electron chi connectivity index (χ1n) is 8.71. The van der Waals surface area contributed by atoms with Crippen LogP contribution in [-0.2, 0) is 14.6 Å². The third kappa shape index (κ3) is 4.47. The van der Waals surface area contributed by atoms with E-state index in [-0.39, 0.29) is 23.5 Å². The van der Waals surface area contributed by atoms with Gasteiger partial charge in [-0.05, 0) is 44.0 Å². The Hall–Kier alpha value is -1.58. The zero-order valence-electron chi connectivity index (χ0n) is 15.1. The summed E-state index contributed by atoms with van der Waals surface area (Å²) >= 11 is 6.53. The molecule has 2 fully saturated rings. The van der Waals surface area contributed by atoms with Crippen molar-refractivity contribution in [1.29, 1.82) is 0 Å². The fraction of sp³-hybridized carbons (Fsp3) is 0.444. The van der Waals surface area contributed by atoms with Crippen LogP contribution in [0, 0.1) is 0 Å². The van der Waals surface area contributed by atoms with Crippen LogP contribution in [0.15, 0.2) is 23.1 Å². The van der Waals surface area contributed by atoms with Gasteiger partial charge in [0, 0.05) is 0 Å². The average Bonchev–Trinajstić information content (AvgIpc) is 3.09. The summed E-state index contributed by atoms with van der Waals surface area (Å²) in [5.41, 5.74) is 0.793. The largest absolute Gasteiger partial charge is 0.490 e. The highest BCUT2D eigenvalue weighted by Crippen LogP contribution is 2.37. The molecular weight excluding hydrogens is 406 g/mol. The van der Waals surface area contributed by atoms with E-state index in [1.807, 2.05) is 32.0 Å². The fourth-order valence-electron chi connectivity index (χ4n) is 3.08. The van der Waals surface area contributed by atoms with Crippen LogP contribution in [0.4, 0.5) is 0 Å². The number of thiocarbonyl (C=S) groups is 1. The second kappa shape index (κ2) is 8.20. The highest BCUT2D eigenvalue weighted by Gasteiger charge is 2.42. The molecule has 1 aromatic carbocycles. The van der Waals surface area contributed by atoms with Crippen molar-refractivity contribution >= 4 is 50.1 Å². The van der Waals surface area contributed by atoms with E-state index < -0.39 is 9.84 Å². The molecule has 2 aliphatic heterocycles. The predicted octanol–water partition coefficient (Wildman–Crippen LogP) is 2.87. The lowest BCUT2D eigenvalue weighted by molar-refractivity contribution is -0.123. The number of benzene rings is 1. The van der Waals surface area contributed by atoms with E-state index in [0.29, 0.717) is 40.4 Å². The lowest BCUT2D eigenvalue weighted by atomic mass is 10.1. The van der Waals surface area contributed by atoms with Gasteiger partial charge in [-0.15, -0.1) is 0 Å². The number of ether oxygens (including phenoxy) is 2. The molecule has 2 saturated heterocycles. The van der Waals surface area contributed by atoms with Gasteiger partial charge in [-0.25, -0.2) is 8.42 Å². The van der Waals surface area contributed by atoms with Gasteiger partial charge >= 0.3 is 0 Å². The van der Waals surface area contributed by atoms with Gasteiger partial charge in [0.05, 0.1) is 35.7 Å². The van der Waals surface area contributed by atoms with E-state index in [1.165, 1.54) is 16.7 Å². The molecule has 0 N–H and O–H groups in total. The first-order chi connectivity index (χ1) is 12.8. The molecule has 9 heteroatoms. The summed E-state index contributed by atoms with van der Waals surface area (Å²) in [6.07, 6.45) is 2.18. The summed E-state index contributed by atoms with van der Waals surface area (Å²) in [4.78, 5) is 14.7. The number of amides is 1. The van der Waals surface area contributed by atoms with Crippen molar-refractivity contribution in [3.8, 4) is 11.5 Å². The standard InChI is InChI=1S/C18H21NO5S3/c1-3-23-14-6-5-12(9-15(14)24-4-2)10-16-17(20)19(18(25)26-16)13-7-8-27(21,22)11-13/h5-6,9-10,13H,3-4,7-8,11H2,1-2H3/b16-10-/t13-/m1/s1. The van der Waals surface area contributed by atoms with Gasteiger partial charge < -0.3 is 9.47 Å². The number of hydrogen-bond donors (Lipinski definition) is 0. The molecule has 1 amide bonds. The highest BCUT2D eigenvalue weighted by molar-refractivity contribution is 8.26. The zero-order chi connectivity index (χ0) is 19.6. The maximum Gasteiger partial charge on any atom is 0.266 e. The SMILES string of the molecule is CCOc1ccc(/C=C2\SC(=S)N([C@@H]3CCS(=O)(=O)C3)C2=O)cc1OCC. The van der Waals surface area contributed by atoms with Crippen molar-refractivity contribution in [3.05, 3.63) is 28.7 Å². The molecule has 27 heavy (non-hydrogen) atoms. The lowest BCUT2D eigenvalue weighted by Crippen LogP contribution is -2.39. The van der Waals surface area contributed by atoms with Gasteiger partial charge in [0.1, 0.15) is 4.32 Å². The van der Waals surface area contributed by atoms with E-state index in [0.717, 1.165) is 5.56 Å². The molecule has 2 heterocycles. The lowest BCUT2D eigenvalue weighted by Gasteiger charge is -2.20. The summed E-state index contributed by atoms with van der Waals surface area (Å²) in [7, 11) is -3.09. The maximum absolute atomic E-state index is 12.8. The van der Waals surface area contributed by atoms with Gasteiger partial charge in [-0.1, -0.05) is 30.0 Å². The first-order valence-corrected chi connectivity index (χ1v) is 11.8. The van der Waals surface area contributed by atoms with Crippen LogP contribution in [-0.4, -0.2) is 54.3 Å². The van der Waals surface area contributed by atoms with Gasteiger partial charge in [0.15, 0.2) is 21.3 Å². The molecule has 1 atom stereocenters. The number of hydrogen-bond acceptors (Lipinski definition) is 7. The molecule has 0 aliphatic carbocycles. The average molecular weight is 428 g/mol. The van der Waals surface area contributed by atoms with Crippen molar-refractivity contribution in [2.45, 2.75) is 26.3 Å². The van der Waals surface area contributed by atoms with Gasteiger partial charge in [0.2, 0.25) is 0 Å². The van der Waals surface area contributed by atoms with Crippen molar-refractivity contribution in [3.63, 3.8) is 0 Å². The van der Waals surface area contributed by atoms with Crippen LogP contribution in [0.3, 0.4) is 0 Å². The number of nitrogens with zero attached hydrogens (tertiary/aromatic N) is 1. The van der Waals surface area contributed by atoms with Crippen LogP contribution in [0.1, 0.15) is 25.8 Å². The summed E-state index contributed by atoms with van der Waals surface area (Å²) in [5.74, 6) is 1.11. The summed E-state index contributed by atoms with van der Waals surface area (Å²) < 4.78 is 35.1. The fourth-order valence-corrected chi connectivity index (χ4v) is 6.18. The van der Waals surface area contributed by atoms with Crippen LogP contribution in [0.25, 0.3) is 6.08 Å². The van der Waals surface area contributed by atoms with Gasteiger partial charge in [-0.3, -0.25) is 9.69 Å². The smallest absolute Gasteiger partial charge is 0.266 e. The molecular formula is C18H21NO5S3. The molecule has 0 aromatic heterocycles. The molecule has 0 radical (unpaired) electrons. The van der Waals surface area contributed by atoms with Crippen LogP contribution >= 0.6 is 24.0 Å². The van der Waals surface area contributed by atoms with Crippen molar-refractivity contribution in [2.24, 2.45) is 0 Å². The number of carbonyl (C=O) groups excluding carboxylic acids is 1. The Morgan fingerprint density at radius 3 is 2.59 bits per heavy atom. The Labute approximate surface area is 168 Å². The second-order valence-corrected chi connectivity index (χ2v) is 10.1. The Bertz CT molecular complexity index is 894. The molecule has 1 aromatic rings. The first kappa shape index (κ1) is 20.2. The molecule has 0 unspecified atom stereocenters. The zero-order valence-corrected chi connectivity index (χ0v) is 17.6. The maximum atomic E-state index is 12.8. The molecule has 2 aliphatic rings. The number of sulfone groups is 1. The highest BCUT2D eigenvalue weighted by atomic mass is 32.2. The minimum Gasteiger partial charge on any atom is -0.490 e. The molecule has 6 nitrogen and oxygen atoms in total. The third-order valence-corrected chi connectivity index (χ3v) is 7.34. The van der Waals surface area contributed by atoms with Crippen molar-refractivity contribution in [2.75, 3.05) is 24.7 Å². The second-order valence-electron chi connectivity index (χ2n) is 6.18. The Kier molecular flexibility index (Phi) is 6.12. The van der Waals surface area contributed by atoms with Gasteiger partial charge in [-0.2, -0.15) is 0 Å². The van der Waals surface area contributed by atoms with E-state index in [9.17, 15) is 13.2 Å².